The Hall–Kier alpha value is -3.80. The number of halogens is 2. The number of rotatable bonds is 8. The minimum absolute atomic E-state index is 0.103. The Morgan fingerprint density at radius 2 is 1.97 bits per heavy atom. The summed E-state index contributed by atoms with van der Waals surface area (Å²) in [5, 5.41) is 13.0. The number of pyridine rings is 1. The van der Waals surface area contributed by atoms with E-state index in [1.807, 2.05) is 0 Å². The predicted molar refractivity (Wildman–Crippen MR) is 134 cm³/mol. The van der Waals surface area contributed by atoms with E-state index < -0.39 is 23.3 Å². The molecule has 2 aromatic carbocycles. The minimum Gasteiger partial charge on any atom is -0.495 e. The number of aromatic nitrogens is 1. The molecule has 0 spiro atoms. The van der Waals surface area contributed by atoms with Crippen LogP contribution in [0.4, 0.5) is 0 Å². The van der Waals surface area contributed by atoms with E-state index in [0.717, 1.165) is 0 Å². The lowest BCUT2D eigenvalue weighted by atomic mass is 9.87. The Kier molecular flexibility index (Phi) is 8.18. The van der Waals surface area contributed by atoms with Gasteiger partial charge >= 0.3 is 0 Å². The van der Waals surface area contributed by atoms with Gasteiger partial charge in [-0.1, -0.05) is 36.2 Å². The maximum Gasteiger partial charge on any atom is 0.252 e. The molecule has 35 heavy (non-hydrogen) atoms. The first-order valence-electron chi connectivity index (χ1n) is 10.6. The SMILES string of the molecule is CCC(C(=O)NCc1ccc(C(N)=O)c(Cl)c1)c1c(-c2cc(Cl)ccc2C#N)c(OC)c[nH]c1=O. The molecule has 1 aromatic heterocycles. The molecule has 0 aliphatic rings. The second-order valence-electron chi connectivity index (χ2n) is 7.63. The number of hydrogen-bond donors (Lipinski definition) is 3. The van der Waals surface area contributed by atoms with Crippen LogP contribution < -0.4 is 21.3 Å². The van der Waals surface area contributed by atoms with Gasteiger partial charge in [-0.15, -0.1) is 0 Å². The Morgan fingerprint density at radius 3 is 2.57 bits per heavy atom. The summed E-state index contributed by atoms with van der Waals surface area (Å²) < 4.78 is 5.48. The quantitative estimate of drug-likeness (QED) is 0.416. The summed E-state index contributed by atoms with van der Waals surface area (Å²) in [7, 11) is 1.43. The Morgan fingerprint density at radius 1 is 1.23 bits per heavy atom. The van der Waals surface area contributed by atoms with E-state index in [2.05, 4.69) is 16.4 Å². The highest BCUT2D eigenvalue weighted by Crippen LogP contribution is 2.38. The molecule has 1 heterocycles. The van der Waals surface area contributed by atoms with E-state index in [1.54, 1.807) is 31.2 Å². The van der Waals surface area contributed by atoms with Crippen LogP contribution in [0.5, 0.6) is 5.75 Å². The molecule has 2 amide bonds. The van der Waals surface area contributed by atoms with E-state index in [-0.39, 0.29) is 28.3 Å². The highest BCUT2D eigenvalue weighted by atomic mass is 35.5. The van der Waals surface area contributed by atoms with Crippen molar-refractivity contribution in [3.05, 3.63) is 85.2 Å². The van der Waals surface area contributed by atoms with Gasteiger partial charge in [0.2, 0.25) is 11.8 Å². The summed E-state index contributed by atoms with van der Waals surface area (Å²) in [4.78, 5) is 40.3. The lowest BCUT2D eigenvalue weighted by Crippen LogP contribution is -2.32. The molecule has 4 N–H and O–H groups in total. The van der Waals surface area contributed by atoms with Crippen molar-refractivity contribution in [2.24, 2.45) is 5.73 Å². The zero-order valence-corrected chi connectivity index (χ0v) is 20.5. The third-order valence-electron chi connectivity index (χ3n) is 5.52. The highest BCUT2D eigenvalue weighted by molar-refractivity contribution is 6.33. The fourth-order valence-corrected chi connectivity index (χ4v) is 4.29. The molecule has 0 fully saturated rings. The first-order chi connectivity index (χ1) is 16.7. The summed E-state index contributed by atoms with van der Waals surface area (Å²) in [6.45, 7) is 1.88. The van der Waals surface area contributed by atoms with E-state index in [9.17, 15) is 19.6 Å². The number of carbonyl (C=O) groups excluding carboxylic acids is 2. The van der Waals surface area contributed by atoms with Crippen molar-refractivity contribution in [2.75, 3.05) is 7.11 Å². The number of aromatic amines is 1. The molecule has 0 saturated carbocycles. The lowest BCUT2D eigenvalue weighted by molar-refractivity contribution is -0.122. The molecule has 1 unspecified atom stereocenters. The van der Waals surface area contributed by atoms with Crippen molar-refractivity contribution >= 4 is 35.0 Å². The van der Waals surface area contributed by atoms with Crippen LogP contribution in [0.1, 0.15) is 46.3 Å². The van der Waals surface area contributed by atoms with Crippen LogP contribution in [0.15, 0.2) is 47.4 Å². The molecular formula is C25H22Cl2N4O4. The number of primary amides is 1. The van der Waals surface area contributed by atoms with Crippen molar-refractivity contribution in [1.29, 1.82) is 5.26 Å². The van der Waals surface area contributed by atoms with E-state index in [1.165, 1.54) is 25.4 Å². The van der Waals surface area contributed by atoms with Gasteiger partial charge in [0, 0.05) is 34.5 Å². The largest absolute Gasteiger partial charge is 0.495 e. The summed E-state index contributed by atoms with van der Waals surface area (Å²) in [6.07, 6.45) is 1.68. The fraction of sp³-hybridized carbons (Fsp3) is 0.200. The van der Waals surface area contributed by atoms with Crippen molar-refractivity contribution in [3.8, 4) is 22.9 Å². The van der Waals surface area contributed by atoms with Crippen molar-refractivity contribution < 1.29 is 14.3 Å². The number of benzene rings is 2. The summed E-state index contributed by atoms with van der Waals surface area (Å²) in [6, 6.07) is 11.4. The van der Waals surface area contributed by atoms with Crippen LogP contribution in [0.3, 0.4) is 0 Å². The van der Waals surface area contributed by atoms with Gasteiger partial charge in [-0.2, -0.15) is 5.26 Å². The minimum atomic E-state index is -0.866. The van der Waals surface area contributed by atoms with E-state index >= 15 is 0 Å². The molecule has 0 aliphatic carbocycles. The van der Waals surface area contributed by atoms with Crippen LogP contribution in [-0.2, 0) is 11.3 Å². The molecule has 0 aliphatic heterocycles. The van der Waals surface area contributed by atoms with Gasteiger partial charge in [0.05, 0.1) is 35.2 Å². The van der Waals surface area contributed by atoms with Gasteiger partial charge in [0.15, 0.2) is 0 Å². The van der Waals surface area contributed by atoms with Gasteiger partial charge in [-0.3, -0.25) is 14.4 Å². The fourth-order valence-electron chi connectivity index (χ4n) is 3.82. The Bertz CT molecular complexity index is 1400. The average Bonchev–Trinajstić information content (AvgIpc) is 2.83. The van der Waals surface area contributed by atoms with Gasteiger partial charge in [0.25, 0.3) is 5.56 Å². The standard InChI is InChI=1S/C25H22Cl2N4O4/c1-3-16(24(33)30-11-13-4-7-17(23(29)32)19(27)8-13)22-21(20(35-2)12-31-25(22)34)18-9-15(26)6-5-14(18)10-28/h4-9,12,16H,3,11H2,1-2H3,(H2,29,32)(H,30,33)(H,31,34). The highest BCUT2D eigenvalue weighted by Gasteiger charge is 2.29. The zero-order valence-electron chi connectivity index (χ0n) is 18.9. The number of amides is 2. The second-order valence-corrected chi connectivity index (χ2v) is 8.48. The topological polar surface area (TPSA) is 138 Å². The van der Waals surface area contributed by atoms with Crippen LogP contribution in [0.25, 0.3) is 11.1 Å². The molecule has 3 aromatic rings. The number of nitrogens with one attached hydrogen (secondary N) is 2. The molecule has 10 heteroatoms. The van der Waals surface area contributed by atoms with Crippen LogP contribution >= 0.6 is 23.2 Å². The average molecular weight is 513 g/mol. The molecule has 0 saturated heterocycles. The van der Waals surface area contributed by atoms with Crippen molar-refractivity contribution in [3.63, 3.8) is 0 Å². The molecule has 8 nitrogen and oxygen atoms in total. The number of nitriles is 1. The van der Waals surface area contributed by atoms with Crippen LogP contribution in [0, 0.1) is 11.3 Å². The molecular weight excluding hydrogens is 491 g/mol. The predicted octanol–water partition coefficient (Wildman–Crippen LogP) is 4.14. The van der Waals surface area contributed by atoms with Gasteiger partial charge in [-0.05, 0) is 42.3 Å². The van der Waals surface area contributed by atoms with Gasteiger partial charge in [0.1, 0.15) is 5.75 Å². The third-order valence-corrected chi connectivity index (χ3v) is 6.07. The van der Waals surface area contributed by atoms with Crippen molar-refractivity contribution in [2.45, 2.75) is 25.8 Å². The summed E-state index contributed by atoms with van der Waals surface area (Å²) >= 11 is 12.3. The molecule has 0 bridgehead atoms. The molecule has 0 radical (unpaired) electrons. The Labute approximate surface area is 211 Å². The maximum atomic E-state index is 13.3. The maximum absolute atomic E-state index is 13.3. The number of hydrogen-bond acceptors (Lipinski definition) is 5. The Balaban J connectivity index is 2.03. The van der Waals surface area contributed by atoms with Crippen LogP contribution in [-0.4, -0.2) is 23.9 Å². The summed E-state index contributed by atoms with van der Waals surface area (Å²) in [5.41, 5.74) is 6.76. The molecule has 180 valence electrons. The lowest BCUT2D eigenvalue weighted by Gasteiger charge is -2.21. The summed E-state index contributed by atoms with van der Waals surface area (Å²) in [5.74, 6) is -1.64. The monoisotopic (exact) mass is 512 g/mol. The second kappa shape index (κ2) is 11.1. The van der Waals surface area contributed by atoms with Gasteiger partial charge in [-0.25, -0.2) is 0 Å². The van der Waals surface area contributed by atoms with Crippen LogP contribution in [0.2, 0.25) is 10.0 Å². The van der Waals surface area contributed by atoms with E-state index in [0.29, 0.717) is 33.9 Å². The van der Waals surface area contributed by atoms with Gasteiger partial charge < -0.3 is 20.8 Å². The third kappa shape index (κ3) is 5.48. The normalized spacial score (nSPS) is 11.4. The zero-order chi connectivity index (χ0) is 25.7. The number of ether oxygens (including phenoxy) is 1. The first-order valence-corrected chi connectivity index (χ1v) is 11.3. The number of carbonyl (C=O) groups is 2. The number of nitrogens with zero attached hydrogens (tertiary/aromatic N) is 1. The molecule has 1 atom stereocenters. The van der Waals surface area contributed by atoms with Crippen molar-refractivity contribution in [1.82, 2.24) is 10.3 Å². The number of methoxy groups -OCH3 is 1. The molecule has 3 rings (SSSR count). The number of nitrogens with two attached hydrogens (primary N) is 1. The van der Waals surface area contributed by atoms with E-state index in [4.69, 9.17) is 33.7 Å². The first kappa shape index (κ1) is 25.8. The smallest absolute Gasteiger partial charge is 0.252 e. The number of H-pyrrole nitrogens is 1.